The lowest BCUT2D eigenvalue weighted by Gasteiger charge is -2.22. The first-order valence-electron chi connectivity index (χ1n) is 31.5. The van der Waals surface area contributed by atoms with Gasteiger partial charge in [0, 0.05) is 51.5 Å². The molecule has 2 aromatic carbocycles. The third kappa shape index (κ3) is 16.7. The zero-order valence-electron chi connectivity index (χ0n) is 52.3. The molecule has 2 aliphatic heterocycles. The molecule has 488 valence electrons. The summed E-state index contributed by atoms with van der Waals surface area (Å²) in [4.78, 5) is 72.1. The van der Waals surface area contributed by atoms with E-state index in [4.69, 9.17) is 33.4 Å². The molecule has 2 unspecified atom stereocenters. The molecule has 0 radical (unpaired) electrons. The van der Waals surface area contributed by atoms with E-state index >= 15 is 4.39 Å². The zero-order chi connectivity index (χ0) is 64.5. The highest BCUT2D eigenvalue weighted by molar-refractivity contribution is 9.10. The molecule has 2 saturated carbocycles. The highest BCUT2D eigenvalue weighted by Gasteiger charge is 2.30. The van der Waals surface area contributed by atoms with Crippen molar-refractivity contribution >= 4 is 38.3 Å². The summed E-state index contributed by atoms with van der Waals surface area (Å²) in [6, 6.07) is 14.2. The number of rotatable bonds is 23. The monoisotopic (exact) mass is 1330 g/mol. The Morgan fingerprint density at radius 1 is 0.582 bits per heavy atom. The first-order chi connectivity index (χ1) is 43.8. The summed E-state index contributed by atoms with van der Waals surface area (Å²) in [7, 11) is 0. The minimum Gasteiger partial charge on any atom is -0.477 e. The van der Waals surface area contributed by atoms with Crippen LogP contribution in [0.3, 0.4) is 0 Å². The fourth-order valence-electron chi connectivity index (χ4n) is 10.8. The fourth-order valence-corrected chi connectivity index (χ4v) is 11.2. The number of halogens is 5. The second-order valence-corrected chi connectivity index (χ2v) is 25.1. The smallest absolute Gasteiger partial charge is 0.332 e. The Morgan fingerprint density at radius 3 is 1.57 bits per heavy atom. The molecule has 25 heteroatoms. The van der Waals surface area contributed by atoms with E-state index in [0.29, 0.717) is 104 Å². The Morgan fingerprint density at radius 2 is 1.07 bits per heavy atom. The van der Waals surface area contributed by atoms with Crippen molar-refractivity contribution in [1.82, 2.24) is 47.3 Å². The molecule has 2 aliphatic carbocycles. The van der Waals surface area contributed by atoms with Gasteiger partial charge in [0.25, 0.3) is 11.1 Å². The van der Waals surface area contributed by atoms with E-state index in [-0.39, 0.29) is 101 Å². The average molecular weight is 1330 g/mol. The molecule has 0 N–H and O–H groups in total. The van der Waals surface area contributed by atoms with Crippen molar-refractivity contribution in [1.29, 1.82) is 0 Å². The minimum atomic E-state index is -0.551. The number of ether oxygens (including phenoxy) is 6. The van der Waals surface area contributed by atoms with Crippen LogP contribution < -0.4 is 32.0 Å². The van der Waals surface area contributed by atoms with Crippen molar-refractivity contribution in [3.63, 3.8) is 0 Å². The molecule has 20 nitrogen and oxygen atoms in total. The normalized spacial score (nSPS) is 16.7. The van der Waals surface area contributed by atoms with Crippen molar-refractivity contribution in [2.24, 2.45) is 11.8 Å². The van der Waals surface area contributed by atoms with Gasteiger partial charge in [-0.3, -0.25) is 27.9 Å². The van der Waals surface area contributed by atoms with E-state index in [1.165, 1.54) is 62.9 Å². The van der Waals surface area contributed by atoms with Crippen molar-refractivity contribution in [3.05, 3.63) is 159 Å². The minimum absolute atomic E-state index is 0.108. The summed E-state index contributed by atoms with van der Waals surface area (Å²) in [5, 5.41) is 0. The van der Waals surface area contributed by atoms with Crippen LogP contribution in [0.25, 0.3) is 33.7 Å². The molecule has 0 bridgehead atoms. The quantitative estimate of drug-likeness (QED) is 0.0432. The highest BCUT2D eigenvalue weighted by atomic mass is 79.9. The molecular weight excluding hydrogens is 1250 g/mol. The molecule has 12 rings (SSSR count). The predicted molar refractivity (Wildman–Crippen MR) is 338 cm³/mol. The van der Waals surface area contributed by atoms with Crippen LogP contribution in [-0.4, -0.2) is 99.6 Å². The maximum atomic E-state index is 15.1. The van der Waals surface area contributed by atoms with Crippen molar-refractivity contribution in [2.75, 3.05) is 39.6 Å². The summed E-state index contributed by atoms with van der Waals surface area (Å²) in [5.41, 5.74) is 1.64. The molecule has 91 heavy (non-hydrogen) atoms. The average Bonchev–Trinajstić information content (AvgIpc) is 1.60. The van der Waals surface area contributed by atoms with Gasteiger partial charge in [0.05, 0.1) is 54.2 Å². The maximum Gasteiger partial charge on any atom is 0.332 e. The molecule has 8 heterocycles. The number of hydrogen-bond donors (Lipinski definition) is 0. The van der Waals surface area contributed by atoms with Crippen molar-refractivity contribution in [3.8, 4) is 23.1 Å². The maximum absolute atomic E-state index is 15.1. The van der Waals surface area contributed by atoms with Gasteiger partial charge in [0.1, 0.15) is 29.1 Å². The SMILES string of the molecule is CC(C)n1c(=O)n(CCCOC2CCCCO2)c(=O)c2c1ncn2Cc1ccc(F)cc1.Cc1nc(OCC2CC2)c(-c2nc3c(c(=O)n(CCCOC4CCCCO4)c(=O)n3C(C)C)n2Cc2ccc(F)cc2)cc1F.Cc1nc(OCC2CC2)c(Br)cc1F. The van der Waals surface area contributed by atoms with Gasteiger partial charge in [0.2, 0.25) is 11.8 Å². The van der Waals surface area contributed by atoms with Gasteiger partial charge in [-0.2, -0.15) is 0 Å². The number of pyridine rings is 2. The lowest BCUT2D eigenvalue weighted by Crippen LogP contribution is -2.41. The number of nitrogens with zero attached hydrogens (tertiary/aromatic N) is 10. The molecule has 8 aromatic rings. The molecule has 2 atom stereocenters. The number of aromatic nitrogens is 10. The first kappa shape index (κ1) is 66.6. The number of aryl methyl sites for hydroxylation is 2. The molecule has 4 aliphatic rings. The largest absolute Gasteiger partial charge is 0.477 e. The Kier molecular flexibility index (Phi) is 22.3. The van der Waals surface area contributed by atoms with Crippen LogP contribution in [-0.2, 0) is 45.1 Å². The lowest BCUT2D eigenvalue weighted by molar-refractivity contribution is -0.163. The zero-order valence-corrected chi connectivity index (χ0v) is 53.9. The van der Waals surface area contributed by atoms with Crippen LogP contribution in [0, 0.1) is 49.0 Å². The Labute approximate surface area is 532 Å². The number of fused-ring (bicyclic) bond motifs is 2. The van der Waals surface area contributed by atoms with Gasteiger partial charge in [-0.1, -0.05) is 24.3 Å². The van der Waals surface area contributed by atoms with Crippen LogP contribution in [0.4, 0.5) is 17.6 Å². The van der Waals surface area contributed by atoms with Crippen LogP contribution in [0.1, 0.15) is 139 Å². The van der Waals surface area contributed by atoms with Crippen LogP contribution in [0.2, 0.25) is 0 Å². The van der Waals surface area contributed by atoms with Gasteiger partial charge < -0.3 is 37.6 Å². The van der Waals surface area contributed by atoms with Gasteiger partial charge in [-0.05, 0) is 194 Å². The standard InChI is InChI=1S/C33H39F2N5O5.C23H29FN4O4.C10H11BrFNO/c1-20(2)40-30-28(32(41)38(33(40)42)14-6-16-44-27-7-4-5-15-43-27)39(18-22-10-12-24(34)13-11-22)29(37-30)25-17-26(35)21(3)36-31(25)45-19-23-8-9-23;1-16(2)28-21-20(26(15-25-21)14-17-7-9-18(24)10-8-17)22(29)27(23(28)30)11-5-13-32-19-6-3-4-12-31-19;1-6-9(12)4-8(11)10(13-6)14-5-7-2-3-7/h10-13,17,20,23,27H,4-9,14-16,18-19H2,1-3H3;7-10,15-16,19H,3-6,11-14H2,1-2H3;4,7H,2-3,5H2,1H3. The predicted octanol–water partition coefficient (Wildman–Crippen LogP) is 11.5. The summed E-state index contributed by atoms with van der Waals surface area (Å²) in [6.45, 7) is 14.7. The summed E-state index contributed by atoms with van der Waals surface area (Å²) in [6.07, 6.45) is 12.5. The summed E-state index contributed by atoms with van der Waals surface area (Å²) in [5.74, 6) is 0.443. The molecule has 4 fully saturated rings. The molecule has 6 aromatic heterocycles. The van der Waals surface area contributed by atoms with Crippen molar-refractivity contribution < 1.29 is 46.0 Å². The van der Waals surface area contributed by atoms with E-state index in [9.17, 15) is 32.3 Å². The van der Waals surface area contributed by atoms with Crippen LogP contribution >= 0.6 is 15.9 Å². The van der Waals surface area contributed by atoms with Crippen LogP contribution in [0.15, 0.2) is 90.6 Å². The summed E-state index contributed by atoms with van der Waals surface area (Å²) < 4.78 is 99.0. The van der Waals surface area contributed by atoms with E-state index in [0.717, 1.165) is 56.9 Å². The summed E-state index contributed by atoms with van der Waals surface area (Å²) >= 11 is 3.22. The lowest BCUT2D eigenvalue weighted by atomic mass is 10.2. The number of hydrogen-bond acceptors (Lipinski definition) is 14. The second kappa shape index (κ2) is 30.4. The third-order valence-corrected chi connectivity index (χ3v) is 16.8. The second-order valence-electron chi connectivity index (χ2n) is 24.2. The molecule has 2 saturated heterocycles. The molecule has 0 amide bonds. The van der Waals surface area contributed by atoms with E-state index in [1.807, 2.05) is 27.7 Å². The van der Waals surface area contributed by atoms with Crippen molar-refractivity contribution in [2.45, 2.75) is 169 Å². The van der Waals surface area contributed by atoms with E-state index in [2.05, 4.69) is 30.9 Å². The molecular formula is C66H79BrF4N10O10. The Bertz CT molecular complexity index is 4050. The van der Waals surface area contributed by atoms with E-state index < -0.39 is 22.9 Å². The Balaban J connectivity index is 0.000000170. The van der Waals surface area contributed by atoms with Gasteiger partial charge in [0.15, 0.2) is 34.9 Å². The first-order valence-corrected chi connectivity index (χ1v) is 32.3. The van der Waals surface area contributed by atoms with E-state index in [1.54, 1.807) is 58.1 Å². The number of benzene rings is 2. The fraction of sp³-hybridized carbons (Fsp3) is 0.515. The highest BCUT2D eigenvalue weighted by Crippen LogP contribution is 2.36. The Hall–Kier alpha value is -7.32. The number of imidazole rings is 2. The van der Waals surface area contributed by atoms with Gasteiger partial charge in [-0.25, -0.2) is 47.1 Å². The topological polar surface area (TPSA) is 205 Å². The van der Waals surface area contributed by atoms with Gasteiger partial charge >= 0.3 is 11.4 Å². The van der Waals surface area contributed by atoms with Gasteiger partial charge in [-0.15, -0.1) is 0 Å². The third-order valence-electron chi connectivity index (χ3n) is 16.2. The molecule has 0 spiro atoms. The van der Waals surface area contributed by atoms with Crippen LogP contribution in [0.5, 0.6) is 11.8 Å².